The van der Waals surface area contributed by atoms with Crippen molar-refractivity contribution in [3.05, 3.63) is 24.5 Å². The molecule has 1 aromatic rings. The molecule has 0 bridgehead atoms. The topological polar surface area (TPSA) is 16.1 Å². The van der Waals surface area contributed by atoms with E-state index in [-0.39, 0.29) is 0 Å². The van der Waals surface area contributed by atoms with E-state index in [0.717, 1.165) is 5.69 Å². The van der Waals surface area contributed by atoms with E-state index in [1.54, 1.807) is 12.4 Å². The molecule has 0 unspecified atom stereocenters. The lowest BCUT2D eigenvalue weighted by Crippen LogP contribution is -2.16. The molecule has 0 aliphatic rings. The molecule has 0 aromatic carbocycles. The van der Waals surface area contributed by atoms with Crippen molar-refractivity contribution in [2.75, 3.05) is 18.5 Å². The summed E-state index contributed by atoms with van der Waals surface area (Å²) >= 11 is 0. The molecule has 1 aromatic heterocycles. The van der Waals surface area contributed by atoms with E-state index in [0.29, 0.717) is 6.54 Å². The van der Waals surface area contributed by atoms with Crippen molar-refractivity contribution in [1.29, 1.82) is 0 Å². The van der Waals surface area contributed by atoms with Gasteiger partial charge in [0.05, 0.1) is 6.54 Å². The highest BCUT2D eigenvalue weighted by Gasteiger charge is 1.94. The average Bonchev–Trinajstić information content (AvgIpc) is 2.07. The molecule has 0 atom stereocenters. The fourth-order valence-corrected chi connectivity index (χ4v) is 0.827. The standard InChI is InChI=1S/C9H10N2/c1-3-8-11(2)9-4-6-10-7-5-9/h1,4-7H,8H2,2H3. The van der Waals surface area contributed by atoms with Crippen LogP contribution in [0.25, 0.3) is 0 Å². The maximum Gasteiger partial charge on any atom is 0.0788 e. The molecule has 0 radical (unpaired) electrons. The summed E-state index contributed by atoms with van der Waals surface area (Å²) in [7, 11) is 1.95. The smallest absolute Gasteiger partial charge is 0.0788 e. The van der Waals surface area contributed by atoms with E-state index in [1.807, 2.05) is 24.1 Å². The summed E-state index contributed by atoms with van der Waals surface area (Å²) < 4.78 is 0. The maximum absolute atomic E-state index is 5.16. The maximum atomic E-state index is 5.16. The van der Waals surface area contributed by atoms with Crippen molar-refractivity contribution in [1.82, 2.24) is 4.98 Å². The first-order chi connectivity index (χ1) is 5.34. The van der Waals surface area contributed by atoms with Gasteiger partial charge < -0.3 is 4.90 Å². The van der Waals surface area contributed by atoms with Crippen LogP contribution < -0.4 is 4.90 Å². The van der Waals surface area contributed by atoms with Gasteiger partial charge in [-0.05, 0) is 12.1 Å². The molecule has 0 aliphatic carbocycles. The van der Waals surface area contributed by atoms with Crippen LogP contribution in [0.15, 0.2) is 24.5 Å². The van der Waals surface area contributed by atoms with Crippen LogP contribution in [-0.4, -0.2) is 18.6 Å². The highest BCUT2D eigenvalue weighted by molar-refractivity contribution is 5.44. The van der Waals surface area contributed by atoms with E-state index < -0.39 is 0 Å². The summed E-state index contributed by atoms with van der Waals surface area (Å²) in [6.07, 6.45) is 8.66. The quantitative estimate of drug-likeness (QED) is 0.582. The number of hydrogen-bond donors (Lipinski definition) is 0. The first kappa shape index (κ1) is 7.62. The van der Waals surface area contributed by atoms with Crippen LogP contribution in [0.1, 0.15) is 0 Å². The Morgan fingerprint density at radius 2 is 2.18 bits per heavy atom. The Morgan fingerprint density at radius 3 is 2.73 bits per heavy atom. The van der Waals surface area contributed by atoms with Crippen molar-refractivity contribution < 1.29 is 0 Å². The zero-order chi connectivity index (χ0) is 8.10. The second-order valence-electron chi connectivity index (χ2n) is 2.27. The van der Waals surface area contributed by atoms with Crippen LogP contribution in [0, 0.1) is 12.3 Å². The van der Waals surface area contributed by atoms with Gasteiger partial charge in [0.15, 0.2) is 0 Å². The van der Waals surface area contributed by atoms with Crippen LogP contribution in [-0.2, 0) is 0 Å². The number of rotatable bonds is 2. The summed E-state index contributed by atoms with van der Waals surface area (Å²) in [6, 6.07) is 3.86. The summed E-state index contributed by atoms with van der Waals surface area (Å²) in [5, 5.41) is 0. The molecule has 2 nitrogen and oxygen atoms in total. The van der Waals surface area contributed by atoms with Gasteiger partial charge in [-0.25, -0.2) is 0 Å². The third-order valence-electron chi connectivity index (χ3n) is 1.43. The fraction of sp³-hybridized carbons (Fsp3) is 0.222. The van der Waals surface area contributed by atoms with Gasteiger partial charge in [-0.1, -0.05) is 5.92 Å². The Bertz CT molecular complexity index is 248. The Balaban J connectivity index is 2.70. The van der Waals surface area contributed by atoms with Gasteiger partial charge in [-0.15, -0.1) is 6.42 Å². The van der Waals surface area contributed by atoms with Crippen LogP contribution in [0.5, 0.6) is 0 Å². The SMILES string of the molecule is C#CCN(C)c1ccncc1. The molecule has 0 N–H and O–H groups in total. The molecule has 1 rings (SSSR count). The molecule has 0 fully saturated rings. The Hall–Kier alpha value is -1.49. The summed E-state index contributed by atoms with van der Waals surface area (Å²) in [6.45, 7) is 0.629. The van der Waals surface area contributed by atoms with Gasteiger partial charge >= 0.3 is 0 Å². The summed E-state index contributed by atoms with van der Waals surface area (Å²) in [5.74, 6) is 2.57. The minimum absolute atomic E-state index is 0.629. The van der Waals surface area contributed by atoms with Crippen LogP contribution in [0.2, 0.25) is 0 Å². The average molecular weight is 146 g/mol. The number of terminal acetylenes is 1. The molecule has 56 valence electrons. The van der Waals surface area contributed by atoms with Gasteiger partial charge in [0, 0.05) is 25.1 Å². The lowest BCUT2D eigenvalue weighted by atomic mass is 10.4. The Labute approximate surface area is 66.9 Å². The van der Waals surface area contributed by atoms with E-state index in [2.05, 4.69) is 10.9 Å². The predicted octanol–water partition coefficient (Wildman–Crippen LogP) is 1.15. The van der Waals surface area contributed by atoms with Crippen molar-refractivity contribution in [3.8, 4) is 12.3 Å². The van der Waals surface area contributed by atoms with Gasteiger partial charge in [0.25, 0.3) is 0 Å². The largest absolute Gasteiger partial charge is 0.363 e. The third-order valence-corrected chi connectivity index (χ3v) is 1.43. The number of pyridine rings is 1. The van der Waals surface area contributed by atoms with Gasteiger partial charge in [0.1, 0.15) is 0 Å². The van der Waals surface area contributed by atoms with Crippen molar-refractivity contribution in [2.45, 2.75) is 0 Å². The van der Waals surface area contributed by atoms with Crippen molar-refractivity contribution in [2.24, 2.45) is 0 Å². The van der Waals surface area contributed by atoms with E-state index in [4.69, 9.17) is 6.42 Å². The molecule has 1 heterocycles. The number of nitrogens with zero attached hydrogens (tertiary/aromatic N) is 2. The Morgan fingerprint density at radius 1 is 1.55 bits per heavy atom. The summed E-state index contributed by atoms with van der Waals surface area (Å²) in [4.78, 5) is 5.90. The van der Waals surface area contributed by atoms with Crippen LogP contribution >= 0.6 is 0 Å². The molecule has 0 aliphatic heterocycles. The normalized spacial score (nSPS) is 8.73. The minimum atomic E-state index is 0.629. The molecule has 0 amide bonds. The molecule has 11 heavy (non-hydrogen) atoms. The van der Waals surface area contributed by atoms with Crippen molar-refractivity contribution in [3.63, 3.8) is 0 Å². The van der Waals surface area contributed by atoms with Gasteiger partial charge in [-0.2, -0.15) is 0 Å². The number of hydrogen-bond acceptors (Lipinski definition) is 2. The lowest BCUT2D eigenvalue weighted by Gasteiger charge is -2.14. The van der Waals surface area contributed by atoms with E-state index in [9.17, 15) is 0 Å². The molecule has 0 spiro atoms. The molecular weight excluding hydrogens is 136 g/mol. The van der Waals surface area contributed by atoms with E-state index >= 15 is 0 Å². The number of aromatic nitrogens is 1. The molecule has 2 heteroatoms. The van der Waals surface area contributed by atoms with E-state index in [1.165, 1.54) is 0 Å². The molecule has 0 saturated heterocycles. The zero-order valence-electron chi connectivity index (χ0n) is 6.49. The fourth-order valence-electron chi connectivity index (χ4n) is 0.827. The van der Waals surface area contributed by atoms with Crippen LogP contribution in [0.4, 0.5) is 5.69 Å². The monoisotopic (exact) mass is 146 g/mol. The third kappa shape index (κ3) is 1.98. The second-order valence-corrected chi connectivity index (χ2v) is 2.27. The van der Waals surface area contributed by atoms with Crippen LogP contribution in [0.3, 0.4) is 0 Å². The van der Waals surface area contributed by atoms with Crippen molar-refractivity contribution >= 4 is 5.69 Å². The highest BCUT2D eigenvalue weighted by Crippen LogP contribution is 2.07. The second kappa shape index (κ2) is 3.62. The zero-order valence-corrected chi connectivity index (χ0v) is 6.49. The predicted molar refractivity (Wildman–Crippen MR) is 46.3 cm³/mol. The molecular formula is C9H10N2. The summed E-state index contributed by atoms with van der Waals surface area (Å²) in [5.41, 5.74) is 1.10. The molecule has 0 saturated carbocycles. The first-order valence-corrected chi connectivity index (χ1v) is 3.39. The van der Waals surface area contributed by atoms with Gasteiger partial charge in [0.2, 0.25) is 0 Å². The van der Waals surface area contributed by atoms with Gasteiger partial charge in [-0.3, -0.25) is 4.98 Å². The number of anilines is 1. The Kier molecular flexibility index (Phi) is 2.51. The lowest BCUT2D eigenvalue weighted by molar-refractivity contribution is 1.05. The highest BCUT2D eigenvalue weighted by atomic mass is 15.1. The minimum Gasteiger partial charge on any atom is -0.363 e. The first-order valence-electron chi connectivity index (χ1n) is 3.39.